The average Bonchev–Trinajstić information content (AvgIpc) is 2.34. The number of furan rings is 1. The molecule has 54 valence electrons. The summed E-state index contributed by atoms with van der Waals surface area (Å²) in [6, 6.07) is 1.31. The molecule has 0 amide bonds. The normalized spacial score (nSPS) is 9.70. The molecular weight excluding hydrogens is 136 g/mol. The van der Waals surface area contributed by atoms with Gasteiger partial charge in [-0.2, -0.15) is 0 Å². The Labute approximate surface area is 56.6 Å². The zero-order valence-electron chi connectivity index (χ0n) is 5.11. The highest BCUT2D eigenvalue weighted by molar-refractivity contribution is 5.26. The molecule has 1 aromatic heterocycles. The topological polar surface area (TPSA) is 82.3 Å². The van der Waals surface area contributed by atoms with Gasteiger partial charge in [0.05, 0.1) is 17.5 Å². The van der Waals surface area contributed by atoms with Crippen LogP contribution < -0.4 is 5.73 Å². The SMILES string of the molecule is NCc1cc([N+](=O)[O-])co1. The van der Waals surface area contributed by atoms with E-state index in [1.54, 1.807) is 0 Å². The van der Waals surface area contributed by atoms with E-state index in [-0.39, 0.29) is 12.2 Å². The number of hydrogen-bond donors (Lipinski definition) is 1. The fourth-order valence-corrected chi connectivity index (χ4v) is 0.572. The Morgan fingerprint density at radius 3 is 2.80 bits per heavy atom. The van der Waals surface area contributed by atoms with Gasteiger partial charge in [0.1, 0.15) is 5.76 Å². The molecular formula is C5H6N2O3. The molecule has 0 unspecified atom stereocenters. The van der Waals surface area contributed by atoms with Gasteiger partial charge in [-0.25, -0.2) is 0 Å². The lowest BCUT2D eigenvalue weighted by atomic mass is 10.4. The minimum absolute atomic E-state index is 0.0551. The monoisotopic (exact) mass is 142 g/mol. The molecule has 0 aliphatic rings. The van der Waals surface area contributed by atoms with Crippen LogP contribution in [0.25, 0.3) is 0 Å². The lowest BCUT2D eigenvalue weighted by molar-refractivity contribution is -0.385. The van der Waals surface area contributed by atoms with Gasteiger partial charge in [0.25, 0.3) is 0 Å². The quantitative estimate of drug-likeness (QED) is 0.485. The van der Waals surface area contributed by atoms with E-state index in [1.165, 1.54) is 6.07 Å². The summed E-state index contributed by atoms with van der Waals surface area (Å²) in [7, 11) is 0. The standard InChI is InChI=1S/C5H6N2O3/c6-2-5-1-4(3-10-5)7(8)9/h1,3H,2,6H2. The summed E-state index contributed by atoms with van der Waals surface area (Å²) in [6.45, 7) is 0.188. The van der Waals surface area contributed by atoms with Crippen LogP contribution in [0.15, 0.2) is 16.7 Å². The zero-order chi connectivity index (χ0) is 7.56. The van der Waals surface area contributed by atoms with Gasteiger partial charge in [-0.1, -0.05) is 0 Å². The first kappa shape index (κ1) is 6.76. The van der Waals surface area contributed by atoms with Crippen molar-refractivity contribution >= 4 is 5.69 Å². The molecule has 0 aliphatic heterocycles. The summed E-state index contributed by atoms with van der Waals surface area (Å²) in [6.07, 6.45) is 1.07. The summed E-state index contributed by atoms with van der Waals surface area (Å²) in [4.78, 5) is 9.51. The summed E-state index contributed by atoms with van der Waals surface area (Å²) in [5.74, 6) is 0.423. The third-order valence-electron chi connectivity index (χ3n) is 1.05. The molecule has 0 aromatic carbocycles. The molecule has 0 atom stereocenters. The summed E-state index contributed by atoms with van der Waals surface area (Å²) < 4.78 is 4.71. The lowest BCUT2D eigenvalue weighted by Crippen LogP contribution is -1.92. The van der Waals surface area contributed by atoms with Crippen LogP contribution in [0.2, 0.25) is 0 Å². The molecule has 0 spiro atoms. The van der Waals surface area contributed by atoms with Gasteiger partial charge in [-0.05, 0) is 0 Å². The molecule has 5 nitrogen and oxygen atoms in total. The first-order valence-electron chi connectivity index (χ1n) is 2.66. The highest BCUT2D eigenvalue weighted by Gasteiger charge is 2.08. The van der Waals surface area contributed by atoms with E-state index in [1.807, 2.05) is 0 Å². The van der Waals surface area contributed by atoms with Crippen LogP contribution in [0.1, 0.15) is 5.76 Å². The van der Waals surface area contributed by atoms with Crippen molar-refractivity contribution in [2.24, 2.45) is 5.73 Å². The van der Waals surface area contributed by atoms with E-state index in [2.05, 4.69) is 0 Å². The van der Waals surface area contributed by atoms with Gasteiger partial charge >= 0.3 is 5.69 Å². The van der Waals surface area contributed by atoms with Gasteiger partial charge in [-0.15, -0.1) is 0 Å². The fraction of sp³-hybridized carbons (Fsp3) is 0.200. The minimum atomic E-state index is -0.525. The van der Waals surface area contributed by atoms with E-state index in [0.29, 0.717) is 5.76 Å². The van der Waals surface area contributed by atoms with Crippen molar-refractivity contribution < 1.29 is 9.34 Å². The summed E-state index contributed by atoms with van der Waals surface area (Å²) in [5, 5.41) is 10.0. The van der Waals surface area contributed by atoms with Crippen molar-refractivity contribution in [2.75, 3.05) is 0 Å². The van der Waals surface area contributed by atoms with E-state index in [0.717, 1.165) is 6.26 Å². The molecule has 5 heteroatoms. The van der Waals surface area contributed by atoms with E-state index < -0.39 is 4.92 Å². The number of hydrogen-bond acceptors (Lipinski definition) is 4. The molecule has 1 heterocycles. The smallest absolute Gasteiger partial charge is 0.307 e. The minimum Gasteiger partial charge on any atom is -0.461 e. The van der Waals surface area contributed by atoms with Crippen molar-refractivity contribution in [2.45, 2.75) is 6.54 Å². The third-order valence-corrected chi connectivity index (χ3v) is 1.05. The average molecular weight is 142 g/mol. The zero-order valence-corrected chi connectivity index (χ0v) is 5.11. The molecule has 0 saturated carbocycles. The van der Waals surface area contributed by atoms with E-state index >= 15 is 0 Å². The highest BCUT2D eigenvalue weighted by atomic mass is 16.6. The van der Waals surface area contributed by atoms with Crippen LogP contribution in [0.4, 0.5) is 5.69 Å². The maximum atomic E-state index is 10.0. The maximum absolute atomic E-state index is 10.0. The van der Waals surface area contributed by atoms with Crippen LogP contribution in [-0.4, -0.2) is 4.92 Å². The Morgan fingerprint density at radius 2 is 2.50 bits per heavy atom. The Hall–Kier alpha value is -1.36. The van der Waals surface area contributed by atoms with Gasteiger partial charge in [0.2, 0.25) is 0 Å². The van der Waals surface area contributed by atoms with Gasteiger partial charge in [0.15, 0.2) is 6.26 Å². The van der Waals surface area contributed by atoms with Gasteiger partial charge in [-0.3, -0.25) is 10.1 Å². The molecule has 2 N–H and O–H groups in total. The molecule has 1 aromatic rings. The van der Waals surface area contributed by atoms with Crippen molar-refractivity contribution in [3.05, 3.63) is 28.2 Å². The second-order valence-corrected chi connectivity index (χ2v) is 1.73. The number of nitrogens with two attached hydrogens (primary N) is 1. The van der Waals surface area contributed by atoms with E-state index in [9.17, 15) is 10.1 Å². The Bertz CT molecular complexity index is 243. The van der Waals surface area contributed by atoms with Crippen LogP contribution in [0.5, 0.6) is 0 Å². The number of rotatable bonds is 2. The Balaban J connectivity index is 2.88. The molecule has 10 heavy (non-hydrogen) atoms. The predicted molar refractivity (Wildman–Crippen MR) is 33.3 cm³/mol. The van der Waals surface area contributed by atoms with Crippen LogP contribution >= 0.6 is 0 Å². The first-order chi connectivity index (χ1) is 4.74. The molecule has 0 saturated heterocycles. The van der Waals surface area contributed by atoms with Crippen molar-refractivity contribution in [1.82, 2.24) is 0 Å². The predicted octanol–water partition coefficient (Wildman–Crippen LogP) is 0.646. The third kappa shape index (κ3) is 1.14. The Kier molecular flexibility index (Phi) is 1.68. The summed E-state index contributed by atoms with van der Waals surface area (Å²) >= 11 is 0. The molecule has 0 radical (unpaired) electrons. The second kappa shape index (κ2) is 2.49. The molecule has 0 bridgehead atoms. The van der Waals surface area contributed by atoms with Crippen molar-refractivity contribution in [3.63, 3.8) is 0 Å². The van der Waals surface area contributed by atoms with Gasteiger partial charge in [0, 0.05) is 0 Å². The van der Waals surface area contributed by atoms with Gasteiger partial charge < -0.3 is 10.2 Å². The van der Waals surface area contributed by atoms with Crippen molar-refractivity contribution in [3.8, 4) is 0 Å². The van der Waals surface area contributed by atoms with Crippen molar-refractivity contribution in [1.29, 1.82) is 0 Å². The van der Waals surface area contributed by atoms with Crippen LogP contribution in [-0.2, 0) is 6.54 Å². The highest BCUT2D eigenvalue weighted by Crippen LogP contribution is 2.14. The molecule has 0 aliphatic carbocycles. The number of nitrogens with zero attached hydrogens (tertiary/aromatic N) is 1. The maximum Gasteiger partial charge on any atom is 0.307 e. The fourth-order valence-electron chi connectivity index (χ4n) is 0.572. The first-order valence-corrected chi connectivity index (χ1v) is 2.66. The van der Waals surface area contributed by atoms with Crippen LogP contribution in [0, 0.1) is 10.1 Å². The van der Waals surface area contributed by atoms with E-state index in [4.69, 9.17) is 10.2 Å². The van der Waals surface area contributed by atoms with Crippen LogP contribution in [0.3, 0.4) is 0 Å². The molecule has 1 rings (SSSR count). The molecule has 0 fully saturated rings. The largest absolute Gasteiger partial charge is 0.461 e. The summed E-state index contributed by atoms with van der Waals surface area (Å²) in [5.41, 5.74) is 5.09. The second-order valence-electron chi connectivity index (χ2n) is 1.73. The Morgan fingerprint density at radius 1 is 1.80 bits per heavy atom. The lowest BCUT2D eigenvalue weighted by Gasteiger charge is -1.80. The number of nitro groups is 1.